The van der Waals surface area contributed by atoms with Crippen LogP contribution in [0.25, 0.3) is 11.1 Å². The van der Waals surface area contributed by atoms with Gasteiger partial charge in [0.2, 0.25) is 5.91 Å². The van der Waals surface area contributed by atoms with Gasteiger partial charge in [-0.2, -0.15) is 0 Å². The molecule has 4 rings (SSSR count). The molecule has 128 valence electrons. The fourth-order valence-electron chi connectivity index (χ4n) is 2.75. The van der Waals surface area contributed by atoms with E-state index in [1.165, 1.54) is 11.8 Å². The summed E-state index contributed by atoms with van der Waals surface area (Å²) in [6, 6.07) is 17.5. The summed E-state index contributed by atoms with van der Waals surface area (Å²) >= 11 is 1.52. The molecule has 0 radical (unpaired) electrons. The molecule has 1 aromatic heterocycles. The van der Waals surface area contributed by atoms with E-state index in [-0.39, 0.29) is 18.2 Å². The lowest BCUT2D eigenvalue weighted by atomic mass is 10.2. The number of amides is 1. The summed E-state index contributed by atoms with van der Waals surface area (Å²) in [5.41, 5.74) is 2.58. The topological polar surface area (TPSA) is 79.2 Å². The number of fused-ring (bicyclic) bond motifs is 1. The molecule has 2 heterocycles. The van der Waals surface area contributed by atoms with E-state index in [4.69, 9.17) is 4.42 Å². The SMILES string of the molecule is O=C1CC(CSc2nc3ccccc3o2)NC(Nc2ccccc2)N1. The number of rotatable bonds is 5. The Bertz CT molecular complexity index is 835. The van der Waals surface area contributed by atoms with E-state index in [2.05, 4.69) is 20.9 Å². The summed E-state index contributed by atoms with van der Waals surface area (Å²) in [7, 11) is 0. The van der Waals surface area contributed by atoms with E-state index in [1.807, 2.05) is 54.6 Å². The van der Waals surface area contributed by atoms with Crippen LogP contribution < -0.4 is 16.0 Å². The smallest absolute Gasteiger partial charge is 0.256 e. The molecule has 0 spiro atoms. The Labute approximate surface area is 149 Å². The average Bonchev–Trinajstić information content (AvgIpc) is 3.03. The van der Waals surface area contributed by atoms with Crippen molar-refractivity contribution >= 4 is 34.5 Å². The van der Waals surface area contributed by atoms with E-state index in [0.29, 0.717) is 17.4 Å². The molecule has 3 aromatic rings. The van der Waals surface area contributed by atoms with Gasteiger partial charge in [-0.05, 0) is 24.3 Å². The number of para-hydroxylation sites is 3. The van der Waals surface area contributed by atoms with Crippen LogP contribution in [0.15, 0.2) is 64.2 Å². The van der Waals surface area contributed by atoms with E-state index >= 15 is 0 Å². The van der Waals surface area contributed by atoms with Crippen molar-refractivity contribution < 1.29 is 9.21 Å². The van der Waals surface area contributed by atoms with E-state index in [1.54, 1.807) is 0 Å². The highest BCUT2D eigenvalue weighted by Gasteiger charge is 2.26. The Hall–Kier alpha value is -2.51. The minimum atomic E-state index is -0.294. The van der Waals surface area contributed by atoms with Crippen molar-refractivity contribution in [3.05, 3.63) is 54.6 Å². The van der Waals surface area contributed by atoms with Gasteiger partial charge in [-0.15, -0.1) is 0 Å². The zero-order valence-corrected chi connectivity index (χ0v) is 14.3. The molecule has 2 unspecified atom stereocenters. The normalized spacial score (nSPS) is 20.4. The van der Waals surface area contributed by atoms with E-state index in [0.717, 1.165) is 16.8 Å². The zero-order chi connectivity index (χ0) is 17.1. The van der Waals surface area contributed by atoms with Crippen molar-refractivity contribution in [2.75, 3.05) is 11.1 Å². The summed E-state index contributed by atoms with van der Waals surface area (Å²) in [6.07, 6.45) is 0.137. The molecule has 7 heteroatoms. The van der Waals surface area contributed by atoms with Gasteiger partial charge < -0.3 is 15.1 Å². The minimum Gasteiger partial charge on any atom is -0.431 e. The second-order valence-corrected chi connectivity index (χ2v) is 6.81. The van der Waals surface area contributed by atoms with Crippen molar-refractivity contribution in [2.45, 2.75) is 24.0 Å². The van der Waals surface area contributed by atoms with Crippen molar-refractivity contribution in [2.24, 2.45) is 0 Å². The summed E-state index contributed by atoms with van der Waals surface area (Å²) < 4.78 is 5.72. The zero-order valence-electron chi connectivity index (χ0n) is 13.4. The summed E-state index contributed by atoms with van der Waals surface area (Å²) in [5, 5.41) is 10.2. The molecule has 1 aliphatic rings. The Balaban J connectivity index is 1.37. The van der Waals surface area contributed by atoms with Crippen LogP contribution in [0.3, 0.4) is 0 Å². The molecule has 1 amide bonds. The largest absolute Gasteiger partial charge is 0.431 e. The van der Waals surface area contributed by atoms with Gasteiger partial charge in [0.1, 0.15) is 5.52 Å². The molecule has 2 aromatic carbocycles. The monoisotopic (exact) mass is 354 g/mol. The number of aromatic nitrogens is 1. The van der Waals surface area contributed by atoms with Crippen molar-refractivity contribution in [3.8, 4) is 0 Å². The predicted molar refractivity (Wildman–Crippen MR) is 98.3 cm³/mol. The van der Waals surface area contributed by atoms with Gasteiger partial charge in [0.25, 0.3) is 5.22 Å². The predicted octanol–water partition coefficient (Wildman–Crippen LogP) is 2.79. The molecule has 25 heavy (non-hydrogen) atoms. The van der Waals surface area contributed by atoms with Gasteiger partial charge in [0.15, 0.2) is 11.9 Å². The average molecular weight is 354 g/mol. The molecule has 6 nitrogen and oxygen atoms in total. The van der Waals surface area contributed by atoms with Crippen LogP contribution in [0.5, 0.6) is 0 Å². The third-order valence-corrected chi connectivity index (χ3v) is 4.90. The molecule has 3 N–H and O–H groups in total. The van der Waals surface area contributed by atoms with Crippen molar-refractivity contribution in [3.63, 3.8) is 0 Å². The Morgan fingerprint density at radius 1 is 1.16 bits per heavy atom. The lowest BCUT2D eigenvalue weighted by molar-refractivity contribution is -0.123. The van der Waals surface area contributed by atoms with Crippen LogP contribution in [0, 0.1) is 0 Å². The fraction of sp³-hybridized carbons (Fsp3) is 0.222. The lowest BCUT2D eigenvalue weighted by Crippen LogP contribution is -2.60. The first-order valence-corrected chi connectivity index (χ1v) is 9.10. The van der Waals surface area contributed by atoms with Crippen LogP contribution in [0.1, 0.15) is 6.42 Å². The number of nitrogens with one attached hydrogen (secondary N) is 3. The molecule has 0 bridgehead atoms. The first kappa shape index (κ1) is 16.0. The second kappa shape index (κ2) is 7.16. The number of carbonyl (C=O) groups is 1. The molecular formula is C18H18N4O2S. The Morgan fingerprint density at radius 3 is 2.80 bits per heavy atom. The number of thioether (sulfide) groups is 1. The fourth-order valence-corrected chi connectivity index (χ4v) is 3.62. The highest BCUT2D eigenvalue weighted by atomic mass is 32.2. The maximum absolute atomic E-state index is 12.0. The summed E-state index contributed by atoms with van der Waals surface area (Å²) in [6.45, 7) is 0. The van der Waals surface area contributed by atoms with E-state index < -0.39 is 0 Å². The first-order chi connectivity index (χ1) is 12.3. The van der Waals surface area contributed by atoms with Crippen LogP contribution in [-0.2, 0) is 4.79 Å². The molecule has 1 fully saturated rings. The maximum Gasteiger partial charge on any atom is 0.256 e. The Kier molecular flexibility index (Phi) is 4.58. The number of nitrogens with zero attached hydrogens (tertiary/aromatic N) is 1. The molecule has 2 atom stereocenters. The van der Waals surface area contributed by atoms with Gasteiger partial charge in [-0.25, -0.2) is 4.98 Å². The van der Waals surface area contributed by atoms with Gasteiger partial charge in [0, 0.05) is 23.9 Å². The number of carbonyl (C=O) groups excluding carboxylic acids is 1. The second-order valence-electron chi connectivity index (χ2n) is 5.84. The molecule has 0 saturated carbocycles. The summed E-state index contributed by atoms with van der Waals surface area (Å²) in [5.74, 6) is 0.725. The van der Waals surface area contributed by atoms with E-state index in [9.17, 15) is 4.79 Å². The number of oxazole rings is 1. The minimum absolute atomic E-state index is 0.0235. The molecular weight excluding hydrogens is 336 g/mol. The lowest BCUT2D eigenvalue weighted by Gasteiger charge is -2.32. The number of anilines is 1. The highest BCUT2D eigenvalue weighted by Crippen LogP contribution is 2.24. The van der Waals surface area contributed by atoms with Crippen LogP contribution in [-0.4, -0.2) is 29.0 Å². The molecule has 1 saturated heterocycles. The molecule has 0 aliphatic carbocycles. The standard InChI is InChI=1S/C18H18N4O2S/c23-16-10-13(20-17(22-16)19-12-6-2-1-3-7-12)11-25-18-21-14-8-4-5-9-15(14)24-18/h1-9,13,17,19-20H,10-11H2,(H,22,23). The molecule has 1 aliphatic heterocycles. The quantitative estimate of drug-likeness (QED) is 0.612. The van der Waals surface area contributed by atoms with Crippen LogP contribution in [0.2, 0.25) is 0 Å². The van der Waals surface area contributed by atoms with Gasteiger partial charge >= 0.3 is 0 Å². The third kappa shape index (κ3) is 3.94. The highest BCUT2D eigenvalue weighted by molar-refractivity contribution is 7.99. The maximum atomic E-state index is 12.0. The van der Waals surface area contributed by atoms with Gasteiger partial charge in [-0.3, -0.25) is 10.1 Å². The van der Waals surface area contributed by atoms with Crippen LogP contribution in [0.4, 0.5) is 5.69 Å². The first-order valence-electron chi connectivity index (χ1n) is 8.12. The van der Waals surface area contributed by atoms with Gasteiger partial charge in [-0.1, -0.05) is 42.1 Å². The number of benzene rings is 2. The Morgan fingerprint density at radius 2 is 1.96 bits per heavy atom. The third-order valence-electron chi connectivity index (χ3n) is 3.91. The number of hydrogen-bond acceptors (Lipinski definition) is 6. The van der Waals surface area contributed by atoms with Gasteiger partial charge in [0.05, 0.1) is 0 Å². The van der Waals surface area contributed by atoms with Crippen molar-refractivity contribution in [1.29, 1.82) is 0 Å². The van der Waals surface area contributed by atoms with Crippen LogP contribution >= 0.6 is 11.8 Å². The number of hydrogen-bond donors (Lipinski definition) is 3. The van der Waals surface area contributed by atoms with Crippen molar-refractivity contribution in [1.82, 2.24) is 15.6 Å². The summed E-state index contributed by atoms with van der Waals surface area (Å²) in [4.78, 5) is 16.4.